The number of fused-ring (bicyclic) bond motifs is 1. The van der Waals surface area contributed by atoms with E-state index in [2.05, 4.69) is 15.0 Å². The van der Waals surface area contributed by atoms with Crippen LogP contribution in [-0.4, -0.2) is 43.1 Å². The largest absolute Gasteiger partial charge is 0.366 e. The molecular formula is C16H17FN6O. The number of amides is 1. The molecule has 0 radical (unpaired) electrons. The second-order valence-corrected chi connectivity index (χ2v) is 6.10. The van der Waals surface area contributed by atoms with Crippen LogP contribution >= 0.6 is 0 Å². The third kappa shape index (κ3) is 2.76. The molecular weight excluding hydrogens is 311 g/mol. The Labute approximate surface area is 137 Å². The summed E-state index contributed by atoms with van der Waals surface area (Å²) in [5.74, 6) is -0.746. The molecule has 0 spiro atoms. The van der Waals surface area contributed by atoms with Gasteiger partial charge in [0.25, 0.3) is 5.91 Å². The second-order valence-electron chi connectivity index (χ2n) is 6.10. The van der Waals surface area contributed by atoms with Gasteiger partial charge in [0.2, 0.25) is 0 Å². The summed E-state index contributed by atoms with van der Waals surface area (Å²) in [5, 5.41) is 4.23. The number of carbonyl (C=O) groups is 1. The average molecular weight is 328 g/mol. The minimum absolute atomic E-state index is 0.215. The molecule has 124 valence electrons. The second kappa shape index (κ2) is 5.72. The lowest BCUT2D eigenvalue weighted by Crippen LogP contribution is -2.21. The molecule has 0 saturated carbocycles. The third-order valence-electron chi connectivity index (χ3n) is 4.36. The van der Waals surface area contributed by atoms with Crippen LogP contribution in [-0.2, 0) is 6.54 Å². The Bertz CT molecular complexity index is 901. The van der Waals surface area contributed by atoms with E-state index >= 15 is 0 Å². The third-order valence-corrected chi connectivity index (χ3v) is 4.36. The van der Waals surface area contributed by atoms with Crippen molar-refractivity contribution in [2.75, 3.05) is 13.1 Å². The van der Waals surface area contributed by atoms with Gasteiger partial charge in [0.05, 0.1) is 23.5 Å². The Balaban J connectivity index is 1.45. The zero-order valence-electron chi connectivity index (χ0n) is 13.0. The molecule has 3 aromatic rings. The summed E-state index contributed by atoms with van der Waals surface area (Å²) in [6.07, 6.45) is 7.42. The number of aromatic nitrogens is 4. The Morgan fingerprint density at radius 3 is 3.00 bits per heavy atom. The molecule has 1 amide bonds. The summed E-state index contributed by atoms with van der Waals surface area (Å²) in [6.45, 7) is 2.44. The zero-order chi connectivity index (χ0) is 16.7. The normalized spacial score (nSPS) is 18.5. The summed E-state index contributed by atoms with van der Waals surface area (Å²) in [7, 11) is 0. The number of hydrogen-bond donors (Lipinski definition) is 1. The first-order chi connectivity index (χ1) is 11.6. The van der Waals surface area contributed by atoms with Crippen molar-refractivity contribution in [1.82, 2.24) is 24.1 Å². The highest BCUT2D eigenvalue weighted by molar-refractivity contribution is 5.92. The van der Waals surface area contributed by atoms with Gasteiger partial charge in [-0.25, -0.2) is 9.37 Å². The molecule has 7 nitrogen and oxygen atoms in total. The van der Waals surface area contributed by atoms with Crippen LogP contribution in [0, 0.1) is 5.82 Å². The minimum atomic E-state index is -0.465. The predicted molar refractivity (Wildman–Crippen MR) is 84.8 cm³/mol. The summed E-state index contributed by atoms with van der Waals surface area (Å²) >= 11 is 0. The molecule has 1 atom stereocenters. The minimum Gasteiger partial charge on any atom is -0.366 e. The smallest absolute Gasteiger partial charge is 0.251 e. The standard InChI is InChI=1S/C16H17FN6O/c17-12-1-2-15-20-13(9-22(15)7-12)8-21-4-3-14(10-21)23-6-11(5-19-23)16(18)24/h1-2,5-7,9,14H,3-4,8,10H2,(H2,18,24). The van der Waals surface area contributed by atoms with Gasteiger partial charge in [-0.2, -0.15) is 5.10 Å². The first-order valence-electron chi connectivity index (χ1n) is 7.78. The lowest BCUT2D eigenvalue weighted by molar-refractivity contribution is 0.1000. The van der Waals surface area contributed by atoms with Gasteiger partial charge in [0, 0.05) is 38.2 Å². The maximum Gasteiger partial charge on any atom is 0.251 e. The molecule has 4 heterocycles. The predicted octanol–water partition coefficient (Wildman–Crippen LogP) is 1.22. The van der Waals surface area contributed by atoms with Gasteiger partial charge in [-0.15, -0.1) is 0 Å². The van der Waals surface area contributed by atoms with Crippen LogP contribution in [0.1, 0.15) is 28.5 Å². The fourth-order valence-corrected chi connectivity index (χ4v) is 3.16. The van der Waals surface area contributed by atoms with Gasteiger partial charge in [-0.1, -0.05) is 0 Å². The maximum absolute atomic E-state index is 13.2. The van der Waals surface area contributed by atoms with E-state index in [9.17, 15) is 9.18 Å². The quantitative estimate of drug-likeness (QED) is 0.781. The molecule has 0 aliphatic carbocycles. The molecule has 1 saturated heterocycles. The fraction of sp³-hybridized carbons (Fsp3) is 0.312. The van der Waals surface area contributed by atoms with Crippen molar-refractivity contribution >= 4 is 11.6 Å². The van der Waals surface area contributed by atoms with E-state index in [0.717, 1.165) is 30.9 Å². The summed E-state index contributed by atoms with van der Waals surface area (Å²) < 4.78 is 16.8. The van der Waals surface area contributed by atoms with Crippen LogP contribution in [0.15, 0.2) is 36.9 Å². The summed E-state index contributed by atoms with van der Waals surface area (Å²) in [5.41, 5.74) is 7.33. The molecule has 2 N–H and O–H groups in total. The van der Waals surface area contributed by atoms with E-state index in [0.29, 0.717) is 12.1 Å². The number of imidazole rings is 1. The van der Waals surface area contributed by atoms with Crippen LogP contribution in [0.2, 0.25) is 0 Å². The van der Waals surface area contributed by atoms with E-state index in [1.54, 1.807) is 21.3 Å². The molecule has 1 unspecified atom stereocenters. The summed E-state index contributed by atoms with van der Waals surface area (Å²) in [4.78, 5) is 18.0. The molecule has 1 aliphatic rings. The van der Waals surface area contributed by atoms with Crippen LogP contribution < -0.4 is 5.73 Å². The number of primary amides is 1. The monoisotopic (exact) mass is 328 g/mol. The van der Waals surface area contributed by atoms with E-state index in [1.807, 2.05) is 6.20 Å². The Kier molecular flexibility index (Phi) is 3.53. The van der Waals surface area contributed by atoms with Gasteiger partial charge in [0.15, 0.2) is 0 Å². The number of carbonyl (C=O) groups excluding carboxylic acids is 1. The first kappa shape index (κ1) is 14.8. The lowest BCUT2D eigenvalue weighted by atomic mass is 10.3. The van der Waals surface area contributed by atoms with E-state index < -0.39 is 5.91 Å². The molecule has 0 bridgehead atoms. The van der Waals surface area contributed by atoms with Crippen LogP contribution in [0.25, 0.3) is 5.65 Å². The highest BCUT2D eigenvalue weighted by atomic mass is 19.1. The molecule has 3 aromatic heterocycles. The molecule has 8 heteroatoms. The Hall–Kier alpha value is -2.74. The number of hydrogen-bond acceptors (Lipinski definition) is 4. The molecule has 1 aliphatic heterocycles. The lowest BCUT2D eigenvalue weighted by Gasteiger charge is -2.14. The molecule has 1 fully saturated rings. The van der Waals surface area contributed by atoms with Crippen molar-refractivity contribution in [3.8, 4) is 0 Å². The van der Waals surface area contributed by atoms with Gasteiger partial charge in [0.1, 0.15) is 11.5 Å². The van der Waals surface area contributed by atoms with Crippen molar-refractivity contribution < 1.29 is 9.18 Å². The van der Waals surface area contributed by atoms with E-state index in [1.165, 1.54) is 18.5 Å². The van der Waals surface area contributed by atoms with Gasteiger partial charge < -0.3 is 10.1 Å². The van der Waals surface area contributed by atoms with Crippen molar-refractivity contribution in [3.05, 3.63) is 54.0 Å². The number of likely N-dealkylation sites (tertiary alicyclic amines) is 1. The van der Waals surface area contributed by atoms with Gasteiger partial charge >= 0.3 is 0 Å². The Morgan fingerprint density at radius 2 is 2.21 bits per heavy atom. The van der Waals surface area contributed by atoms with E-state index in [4.69, 9.17) is 5.73 Å². The first-order valence-corrected chi connectivity index (χ1v) is 7.78. The number of nitrogens with two attached hydrogens (primary N) is 1. The number of halogens is 1. The van der Waals surface area contributed by atoms with Crippen molar-refractivity contribution in [2.45, 2.75) is 19.0 Å². The average Bonchev–Trinajstić information content (AvgIpc) is 3.24. The molecule has 4 rings (SSSR count). The maximum atomic E-state index is 13.2. The number of pyridine rings is 1. The SMILES string of the molecule is NC(=O)c1cnn(C2CCN(Cc3cn4cc(F)ccc4n3)C2)c1. The number of nitrogens with zero attached hydrogens (tertiary/aromatic N) is 5. The van der Waals surface area contributed by atoms with Crippen molar-refractivity contribution in [3.63, 3.8) is 0 Å². The number of rotatable bonds is 4. The Morgan fingerprint density at radius 1 is 1.33 bits per heavy atom. The topological polar surface area (TPSA) is 81.5 Å². The van der Waals surface area contributed by atoms with Crippen LogP contribution in [0.5, 0.6) is 0 Å². The fourth-order valence-electron chi connectivity index (χ4n) is 3.16. The van der Waals surface area contributed by atoms with Crippen molar-refractivity contribution in [2.24, 2.45) is 5.73 Å². The van der Waals surface area contributed by atoms with Crippen molar-refractivity contribution in [1.29, 1.82) is 0 Å². The highest BCUT2D eigenvalue weighted by Crippen LogP contribution is 2.23. The van der Waals surface area contributed by atoms with Gasteiger partial charge in [-0.05, 0) is 18.6 Å². The van der Waals surface area contributed by atoms with Crippen LogP contribution in [0.3, 0.4) is 0 Å². The molecule has 24 heavy (non-hydrogen) atoms. The highest BCUT2D eigenvalue weighted by Gasteiger charge is 2.25. The van der Waals surface area contributed by atoms with E-state index in [-0.39, 0.29) is 11.9 Å². The zero-order valence-corrected chi connectivity index (χ0v) is 13.0. The van der Waals surface area contributed by atoms with Gasteiger partial charge in [-0.3, -0.25) is 14.4 Å². The summed E-state index contributed by atoms with van der Waals surface area (Å²) in [6, 6.07) is 3.29. The molecule has 0 aromatic carbocycles. The van der Waals surface area contributed by atoms with Crippen LogP contribution in [0.4, 0.5) is 4.39 Å².